The zero-order chi connectivity index (χ0) is 12.8. The first-order valence-corrected chi connectivity index (χ1v) is 6.11. The molecule has 1 rings (SSSR count). The second kappa shape index (κ2) is 6.40. The first-order chi connectivity index (χ1) is 8.10. The van der Waals surface area contributed by atoms with Crippen LogP contribution < -0.4 is 10.2 Å². The monoisotopic (exact) mass is 234 g/mol. The van der Waals surface area contributed by atoms with E-state index in [4.69, 9.17) is 0 Å². The van der Waals surface area contributed by atoms with Crippen molar-refractivity contribution in [3.8, 4) is 0 Å². The molecule has 0 aliphatic carbocycles. The Morgan fingerprint density at radius 2 is 2.12 bits per heavy atom. The lowest BCUT2D eigenvalue weighted by Gasteiger charge is -2.23. The molecular formula is C14H22N2O. The fourth-order valence-corrected chi connectivity index (χ4v) is 1.90. The number of aryl methyl sites for hydroxylation is 1. The third-order valence-electron chi connectivity index (χ3n) is 2.98. The largest absolute Gasteiger partial charge is 0.371 e. The molecule has 0 atom stereocenters. The molecule has 3 nitrogen and oxygen atoms in total. The van der Waals surface area contributed by atoms with Crippen LogP contribution in [0.1, 0.15) is 29.8 Å². The number of hydrogen-bond donors (Lipinski definition) is 1. The predicted molar refractivity (Wildman–Crippen MR) is 73.0 cm³/mol. The SMILES string of the molecule is CCN(CCNC)c1ccc(C)c(C(C)=O)c1. The summed E-state index contributed by atoms with van der Waals surface area (Å²) < 4.78 is 0. The second-order valence-electron chi connectivity index (χ2n) is 4.24. The van der Waals surface area contributed by atoms with E-state index in [9.17, 15) is 4.79 Å². The summed E-state index contributed by atoms with van der Waals surface area (Å²) >= 11 is 0. The van der Waals surface area contributed by atoms with E-state index in [2.05, 4.69) is 23.2 Å². The number of nitrogens with zero attached hydrogens (tertiary/aromatic N) is 1. The van der Waals surface area contributed by atoms with Gasteiger partial charge in [0.15, 0.2) is 5.78 Å². The number of hydrogen-bond acceptors (Lipinski definition) is 3. The van der Waals surface area contributed by atoms with Crippen LogP contribution in [0.3, 0.4) is 0 Å². The van der Waals surface area contributed by atoms with Crippen molar-refractivity contribution >= 4 is 11.5 Å². The predicted octanol–water partition coefficient (Wildman–Crippen LogP) is 2.24. The smallest absolute Gasteiger partial charge is 0.160 e. The van der Waals surface area contributed by atoms with Gasteiger partial charge >= 0.3 is 0 Å². The lowest BCUT2D eigenvalue weighted by molar-refractivity contribution is 0.101. The highest BCUT2D eigenvalue weighted by molar-refractivity contribution is 5.96. The van der Waals surface area contributed by atoms with Gasteiger partial charge in [-0.2, -0.15) is 0 Å². The van der Waals surface area contributed by atoms with E-state index in [0.717, 1.165) is 36.4 Å². The number of carbonyl (C=O) groups is 1. The third kappa shape index (κ3) is 3.56. The van der Waals surface area contributed by atoms with Crippen molar-refractivity contribution in [2.24, 2.45) is 0 Å². The molecule has 17 heavy (non-hydrogen) atoms. The molecule has 0 aliphatic rings. The first kappa shape index (κ1) is 13.7. The quantitative estimate of drug-likeness (QED) is 0.766. The molecule has 1 aromatic carbocycles. The maximum Gasteiger partial charge on any atom is 0.160 e. The van der Waals surface area contributed by atoms with E-state index < -0.39 is 0 Å². The Bertz CT molecular complexity index is 388. The van der Waals surface area contributed by atoms with E-state index in [1.54, 1.807) is 6.92 Å². The molecule has 0 saturated heterocycles. The minimum absolute atomic E-state index is 0.133. The zero-order valence-corrected chi connectivity index (χ0v) is 11.2. The zero-order valence-electron chi connectivity index (χ0n) is 11.2. The second-order valence-corrected chi connectivity index (χ2v) is 4.24. The number of benzene rings is 1. The molecule has 0 bridgehead atoms. The van der Waals surface area contributed by atoms with E-state index >= 15 is 0 Å². The molecule has 3 heteroatoms. The highest BCUT2D eigenvalue weighted by atomic mass is 16.1. The van der Waals surface area contributed by atoms with Gasteiger partial charge in [-0.3, -0.25) is 4.79 Å². The van der Waals surface area contributed by atoms with Crippen LogP contribution in [0.2, 0.25) is 0 Å². The number of carbonyl (C=O) groups excluding carboxylic acids is 1. The number of likely N-dealkylation sites (N-methyl/N-ethyl adjacent to an activating group) is 2. The van der Waals surface area contributed by atoms with Crippen LogP contribution in [0.25, 0.3) is 0 Å². The number of Topliss-reactive ketones (excluding diaryl/α,β-unsaturated/α-hetero) is 1. The fraction of sp³-hybridized carbons (Fsp3) is 0.500. The normalized spacial score (nSPS) is 10.4. The molecule has 0 fully saturated rings. The summed E-state index contributed by atoms with van der Waals surface area (Å²) in [4.78, 5) is 13.8. The Hall–Kier alpha value is -1.35. The lowest BCUT2D eigenvalue weighted by Crippen LogP contribution is -2.30. The van der Waals surface area contributed by atoms with Crippen molar-refractivity contribution in [2.45, 2.75) is 20.8 Å². The standard InChI is InChI=1S/C14H22N2O/c1-5-16(9-8-15-4)13-7-6-11(2)14(10-13)12(3)17/h6-7,10,15H,5,8-9H2,1-4H3. The number of nitrogens with one attached hydrogen (secondary N) is 1. The van der Waals surface area contributed by atoms with Gasteiger partial charge < -0.3 is 10.2 Å². The van der Waals surface area contributed by atoms with Crippen molar-refractivity contribution in [1.29, 1.82) is 0 Å². The Kier molecular flexibility index (Phi) is 5.16. The lowest BCUT2D eigenvalue weighted by atomic mass is 10.0. The molecule has 0 heterocycles. The summed E-state index contributed by atoms with van der Waals surface area (Å²) in [5.74, 6) is 0.133. The van der Waals surface area contributed by atoms with E-state index in [1.807, 2.05) is 26.1 Å². The molecular weight excluding hydrogens is 212 g/mol. The van der Waals surface area contributed by atoms with Crippen molar-refractivity contribution in [3.63, 3.8) is 0 Å². The highest BCUT2D eigenvalue weighted by Crippen LogP contribution is 2.19. The molecule has 0 aliphatic heterocycles. The van der Waals surface area contributed by atoms with Crippen LogP contribution in [-0.4, -0.2) is 32.5 Å². The third-order valence-corrected chi connectivity index (χ3v) is 2.98. The first-order valence-electron chi connectivity index (χ1n) is 6.11. The Morgan fingerprint density at radius 3 is 2.65 bits per heavy atom. The Labute approximate surface area is 104 Å². The topological polar surface area (TPSA) is 32.3 Å². The van der Waals surface area contributed by atoms with E-state index in [1.165, 1.54) is 0 Å². The molecule has 1 aromatic rings. The summed E-state index contributed by atoms with van der Waals surface area (Å²) in [6.07, 6.45) is 0. The molecule has 0 saturated carbocycles. The van der Waals surface area contributed by atoms with Gasteiger partial charge in [-0.25, -0.2) is 0 Å². The summed E-state index contributed by atoms with van der Waals surface area (Å²) in [5, 5.41) is 3.14. The van der Waals surface area contributed by atoms with Crippen molar-refractivity contribution in [3.05, 3.63) is 29.3 Å². The minimum Gasteiger partial charge on any atom is -0.371 e. The van der Waals surface area contributed by atoms with Crippen molar-refractivity contribution in [2.75, 3.05) is 31.6 Å². The van der Waals surface area contributed by atoms with Crippen LogP contribution in [0.4, 0.5) is 5.69 Å². The Morgan fingerprint density at radius 1 is 1.41 bits per heavy atom. The van der Waals surface area contributed by atoms with E-state index in [-0.39, 0.29) is 5.78 Å². The molecule has 1 N–H and O–H groups in total. The van der Waals surface area contributed by atoms with Gasteiger partial charge in [0.05, 0.1) is 0 Å². The van der Waals surface area contributed by atoms with Crippen LogP contribution in [-0.2, 0) is 0 Å². The van der Waals surface area contributed by atoms with Gasteiger partial charge in [0.1, 0.15) is 0 Å². The van der Waals surface area contributed by atoms with E-state index in [0.29, 0.717) is 0 Å². The minimum atomic E-state index is 0.133. The van der Waals surface area contributed by atoms with Gasteiger partial charge in [0.2, 0.25) is 0 Å². The van der Waals surface area contributed by atoms with Crippen molar-refractivity contribution < 1.29 is 4.79 Å². The van der Waals surface area contributed by atoms with Crippen LogP contribution >= 0.6 is 0 Å². The molecule has 94 valence electrons. The van der Waals surface area contributed by atoms with Gasteiger partial charge in [-0.15, -0.1) is 0 Å². The molecule has 0 unspecified atom stereocenters. The van der Waals surface area contributed by atoms with Gasteiger partial charge in [0, 0.05) is 30.9 Å². The highest BCUT2D eigenvalue weighted by Gasteiger charge is 2.08. The average molecular weight is 234 g/mol. The van der Waals surface area contributed by atoms with Crippen molar-refractivity contribution in [1.82, 2.24) is 5.32 Å². The summed E-state index contributed by atoms with van der Waals surface area (Å²) in [5.41, 5.74) is 3.00. The van der Waals surface area contributed by atoms with Gasteiger partial charge in [-0.05, 0) is 45.5 Å². The van der Waals surface area contributed by atoms with Gasteiger partial charge in [0.25, 0.3) is 0 Å². The van der Waals surface area contributed by atoms with Crippen LogP contribution in [0.15, 0.2) is 18.2 Å². The summed E-state index contributed by atoms with van der Waals surface area (Å²) in [6, 6.07) is 6.10. The molecule has 0 aromatic heterocycles. The summed E-state index contributed by atoms with van der Waals surface area (Å²) in [6.45, 7) is 8.57. The van der Waals surface area contributed by atoms with Crippen LogP contribution in [0, 0.1) is 6.92 Å². The Balaban J connectivity index is 2.96. The maximum atomic E-state index is 11.5. The average Bonchev–Trinajstić information content (AvgIpc) is 2.31. The number of rotatable bonds is 6. The number of ketones is 1. The fourth-order valence-electron chi connectivity index (χ4n) is 1.90. The summed E-state index contributed by atoms with van der Waals surface area (Å²) in [7, 11) is 1.95. The molecule has 0 radical (unpaired) electrons. The molecule has 0 amide bonds. The van der Waals surface area contributed by atoms with Crippen LogP contribution in [0.5, 0.6) is 0 Å². The number of anilines is 1. The van der Waals surface area contributed by atoms with Gasteiger partial charge in [-0.1, -0.05) is 6.07 Å². The molecule has 0 spiro atoms. The maximum absolute atomic E-state index is 11.5.